The number of thiophene rings is 1. The number of aliphatic imine (C=N–C) groups is 1. The summed E-state index contributed by atoms with van der Waals surface area (Å²) in [5, 5.41) is 4.21. The molecule has 0 radical (unpaired) electrons. The molecule has 1 aliphatic rings. The second kappa shape index (κ2) is 8.15. The quantitative estimate of drug-likeness (QED) is 0.677. The highest BCUT2D eigenvalue weighted by Gasteiger charge is 2.21. The number of thioether (sulfide) groups is 1. The first kappa shape index (κ1) is 16.0. The van der Waals surface area contributed by atoms with E-state index in [1.807, 2.05) is 13.1 Å². The van der Waals surface area contributed by atoms with Gasteiger partial charge in [0.15, 0.2) is 5.96 Å². The highest BCUT2D eigenvalue weighted by Crippen LogP contribution is 2.22. The third kappa shape index (κ3) is 4.57. The lowest BCUT2D eigenvalue weighted by molar-refractivity contribution is 0.408. The highest BCUT2D eigenvalue weighted by molar-refractivity contribution is 8.00. The van der Waals surface area contributed by atoms with Crippen LogP contribution in [-0.2, 0) is 6.42 Å². The molecule has 1 unspecified atom stereocenters. The number of halogens is 1. The largest absolute Gasteiger partial charge is 0.356 e. The van der Waals surface area contributed by atoms with E-state index in [0.717, 1.165) is 41.6 Å². The number of guanidine groups is 1. The van der Waals surface area contributed by atoms with Crippen LogP contribution in [0.5, 0.6) is 0 Å². The van der Waals surface area contributed by atoms with Gasteiger partial charge < -0.3 is 10.2 Å². The van der Waals surface area contributed by atoms with Crippen molar-refractivity contribution in [2.75, 3.05) is 32.4 Å². The van der Waals surface area contributed by atoms with Gasteiger partial charge in [0.2, 0.25) is 0 Å². The normalized spacial score (nSPS) is 20.2. The van der Waals surface area contributed by atoms with E-state index in [-0.39, 0.29) is 0 Å². The molecule has 1 aliphatic heterocycles. The number of hydrogen-bond acceptors (Lipinski definition) is 3. The van der Waals surface area contributed by atoms with Crippen LogP contribution in [0.3, 0.4) is 0 Å². The maximum absolute atomic E-state index is 5.95. The summed E-state index contributed by atoms with van der Waals surface area (Å²) in [5.74, 6) is 2.23. The SMILES string of the molecule is CCC1CN(C(=NC)NCCc2ccc(Cl)s2)CCS1. The van der Waals surface area contributed by atoms with Gasteiger partial charge in [0, 0.05) is 42.6 Å². The Balaban J connectivity index is 1.80. The van der Waals surface area contributed by atoms with Crippen LogP contribution in [0.4, 0.5) is 0 Å². The number of rotatable bonds is 4. The van der Waals surface area contributed by atoms with Crippen LogP contribution < -0.4 is 5.32 Å². The summed E-state index contributed by atoms with van der Waals surface area (Å²) >= 11 is 9.68. The average molecular weight is 332 g/mol. The Morgan fingerprint density at radius 1 is 1.55 bits per heavy atom. The monoisotopic (exact) mass is 331 g/mol. The Hall–Kier alpha value is -0.390. The Labute approximate surface area is 134 Å². The first-order valence-electron chi connectivity index (χ1n) is 7.04. The molecule has 2 rings (SSSR count). The van der Waals surface area contributed by atoms with E-state index in [1.54, 1.807) is 11.3 Å². The third-order valence-electron chi connectivity index (χ3n) is 3.39. The third-order valence-corrected chi connectivity index (χ3v) is 6.05. The molecule has 112 valence electrons. The van der Waals surface area contributed by atoms with E-state index in [9.17, 15) is 0 Å². The molecule has 1 N–H and O–H groups in total. The molecular formula is C14H22ClN3S2. The van der Waals surface area contributed by atoms with E-state index in [0.29, 0.717) is 0 Å². The maximum atomic E-state index is 5.95. The van der Waals surface area contributed by atoms with E-state index in [2.05, 4.69) is 40.0 Å². The van der Waals surface area contributed by atoms with Gasteiger partial charge in [0.1, 0.15) is 0 Å². The van der Waals surface area contributed by atoms with Crippen molar-refractivity contribution < 1.29 is 0 Å². The summed E-state index contributed by atoms with van der Waals surface area (Å²) in [4.78, 5) is 8.12. The van der Waals surface area contributed by atoms with Gasteiger partial charge in [0.25, 0.3) is 0 Å². The van der Waals surface area contributed by atoms with Gasteiger partial charge in [-0.25, -0.2) is 0 Å². The average Bonchev–Trinajstić information content (AvgIpc) is 2.89. The van der Waals surface area contributed by atoms with E-state index < -0.39 is 0 Å². The molecule has 0 aromatic carbocycles. The number of hydrogen-bond donors (Lipinski definition) is 1. The first-order valence-corrected chi connectivity index (χ1v) is 9.28. The van der Waals surface area contributed by atoms with Gasteiger partial charge in [-0.15, -0.1) is 11.3 Å². The molecule has 2 heterocycles. The van der Waals surface area contributed by atoms with Crippen molar-refractivity contribution in [1.29, 1.82) is 0 Å². The predicted molar refractivity (Wildman–Crippen MR) is 92.5 cm³/mol. The van der Waals surface area contributed by atoms with Gasteiger partial charge >= 0.3 is 0 Å². The molecule has 1 aromatic heterocycles. The minimum atomic E-state index is 0.735. The summed E-state index contributed by atoms with van der Waals surface area (Å²) in [6.07, 6.45) is 2.22. The standard InChI is InChI=1S/C14H22ClN3S2/c1-3-11-10-18(8-9-19-11)14(16-2)17-7-6-12-4-5-13(15)20-12/h4-5,11H,3,6-10H2,1-2H3,(H,16,17). The van der Waals surface area contributed by atoms with Gasteiger partial charge in [-0.2, -0.15) is 11.8 Å². The fraction of sp³-hybridized carbons (Fsp3) is 0.643. The molecule has 6 heteroatoms. The first-order chi connectivity index (χ1) is 9.72. The number of nitrogens with one attached hydrogen (secondary N) is 1. The topological polar surface area (TPSA) is 27.6 Å². The van der Waals surface area contributed by atoms with Crippen molar-refractivity contribution in [2.24, 2.45) is 4.99 Å². The maximum Gasteiger partial charge on any atom is 0.193 e. The summed E-state index contributed by atoms with van der Waals surface area (Å²) in [5.41, 5.74) is 0. The summed E-state index contributed by atoms with van der Waals surface area (Å²) < 4.78 is 0.864. The van der Waals surface area contributed by atoms with Crippen molar-refractivity contribution in [3.8, 4) is 0 Å². The molecule has 0 saturated carbocycles. The molecule has 1 saturated heterocycles. The fourth-order valence-corrected chi connectivity index (χ4v) is 4.54. The number of nitrogens with zero attached hydrogens (tertiary/aromatic N) is 2. The van der Waals surface area contributed by atoms with Crippen LogP contribution in [0, 0.1) is 0 Å². The predicted octanol–water partition coefficient (Wildman–Crippen LogP) is 3.35. The van der Waals surface area contributed by atoms with Crippen LogP contribution in [0.15, 0.2) is 17.1 Å². The van der Waals surface area contributed by atoms with Gasteiger partial charge in [-0.3, -0.25) is 4.99 Å². The molecule has 3 nitrogen and oxygen atoms in total. The lowest BCUT2D eigenvalue weighted by Crippen LogP contribution is -2.48. The van der Waals surface area contributed by atoms with E-state index in [1.165, 1.54) is 17.1 Å². The van der Waals surface area contributed by atoms with Crippen molar-refractivity contribution in [3.05, 3.63) is 21.3 Å². The van der Waals surface area contributed by atoms with Gasteiger partial charge in [-0.05, 0) is 25.0 Å². The summed E-state index contributed by atoms with van der Waals surface area (Å²) in [6, 6.07) is 4.06. The zero-order valence-corrected chi connectivity index (χ0v) is 14.5. The van der Waals surface area contributed by atoms with Crippen LogP contribution in [-0.4, -0.2) is 48.5 Å². The molecule has 0 spiro atoms. The minimum Gasteiger partial charge on any atom is -0.356 e. The second-order valence-corrected chi connectivity index (χ2v) is 7.98. The smallest absolute Gasteiger partial charge is 0.193 e. The van der Waals surface area contributed by atoms with Crippen molar-refractivity contribution in [3.63, 3.8) is 0 Å². The zero-order valence-electron chi connectivity index (χ0n) is 12.1. The highest BCUT2D eigenvalue weighted by atomic mass is 35.5. The molecule has 1 aromatic rings. The fourth-order valence-electron chi connectivity index (χ4n) is 2.27. The van der Waals surface area contributed by atoms with E-state index in [4.69, 9.17) is 11.6 Å². The van der Waals surface area contributed by atoms with Gasteiger partial charge in [-0.1, -0.05) is 18.5 Å². The Morgan fingerprint density at radius 2 is 2.40 bits per heavy atom. The Kier molecular flexibility index (Phi) is 6.52. The summed E-state index contributed by atoms with van der Waals surface area (Å²) in [7, 11) is 1.87. The lowest BCUT2D eigenvalue weighted by Gasteiger charge is -2.34. The van der Waals surface area contributed by atoms with Crippen LogP contribution in [0.2, 0.25) is 4.34 Å². The molecule has 20 heavy (non-hydrogen) atoms. The van der Waals surface area contributed by atoms with Gasteiger partial charge in [0.05, 0.1) is 4.34 Å². The summed E-state index contributed by atoms with van der Waals surface area (Å²) in [6.45, 7) is 5.36. The molecular weight excluding hydrogens is 310 g/mol. The minimum absolute atomic E-state index is 0.735. The van der Waals surface area contributed by atoms with Crippen LogP contribution in [0.1, 0.15) is 18.2 Å². The Morgan fingerprint density at radius 3 is 3.05 bits per heavy atom. The molecule has 1 fully saturated rings. The Bertz CT molecular complexity index is 447. The molecule has 0 bridgehead atoms. The lowest BCUT2D eigenvalue weighted by atomic mass is 10.3. The molecule has 1 atom stereocenters. The van der Waals surface area contributed by atoms with Crippen molar-refractivity contribution in [1.82, 2.24) is 10.2 Å². The molecule has 0 amide bonds. The van der Waals surface area contributed by atoms with E-state index >= 15 is 0 Å². The van der Waals surface area contributed by atoms with Crippen LogP contribution in [0.25, 0.3) is 0 Å². The zero-order chi connectivity index (χ0) is 14.4. The van der Waals surface area contributed by atoms with Crippen molar-refractivity contribution in [2.45, 2.75) is 25.0 Å². The second-order valence-electron chi connectivity index (χ2n) is 4.78. The molecule has 0 aliphatic carbocycles. The van der Waals surface area contributed by atoms with Crippen molar-refractivity contribution >= 4 is 40.7 Å². The van der Waals surface area contributed by atoms with Crippen LogP contribution >= 0.6 is 34.7 Å².